The molecule has 0 bridgehead atoms. The minimum absolute atomic E-state index is 0.0826. The first-order valence-corrected chi connectivity index (χ1v) is 6.42. The number of hydrogen-bond acceptors (Lipinski definition) is 4. The largest absolute Gasteiger partial charge is 0.315 e. The highest BCUT2D eigenvalue weighted by atomic mass is 16.6. The minimum atomic E-state index is -0.403. The summed E-state index contributed by atoms with van der Waals surface area (Å²) in [6, 6.07) is 4.70. The molecule has 0 saturated heterocycles. The molecular weight excluding hydrogens is 246 g/mol. The Balaban J connectivity index is 2.23. The summed E-state index contributed by atoms with van der Waals surface area (Å²) in [5.41, 5.74) is 1.77. The Labute approximate surface area is 111 Å². The van der Waals surface area contributed by atoms with Crippen molar-refractivity contribution in [1.29, 1.82) is 0 Å². The van der Waals surface area contributed by atoms with E-state index in [0.717, 1.165) is 24.3 Å². The van der Waals surface area contributed by atoms with E-state index in [2.05, 4.69) is 5.32 Å². The molecular formula is C13H17N3O3. The van der Waals surface area contributed by atoms with Crippen LogP contribution in [-0.2, 0) is 11.2 Å². The summed E-state index contributed by atoms with van der Waals surface area (Å²) >= 11 is 0. The van der Waals surface area contributed by atoms with Crippen molar-refractivity contribution in [3.8, 4) is 0 Å². The lowest BCUT2D eigenvalue weighted by molar-refractivity contribution is -0.384. The number of nitro benzene ring substituents is 1. The normalized spacial score (nSPS) is 14.4. The molecule has 0 saturated carbocycles. The van der Waals surface area contributed by atoms with Crippen LogP contribution in [0.5, 0.6) is 0 Å². The van der Waals surface area contributed by atoms with E-state index in [-0.39, 0.29) is 11.6 Å². The molecule has 102 valence electrons. The number of rotatable bonds is 5. The number of carbonyl (C=O) groups is 1. The zero-order valence-corrected chi connectivity index (χ0v) is 10.9. The second-order valence-corrected chi connectivity index (χ2v) is 4.47. The molecule has 1 aromatic carbocycles. The highest BCUT2D eigenvalue weighted by Gasteiger charge is 2.25. The Bertz CT molecular complexity index is 502. The topological polar surface area (TPSA) is 75.5 Å². The van der Waals surface area contributed by atoms with Gasteiger partial charge in [0.2, 0.25) is 5.91 Å². The average molecular weight is 263 g/mol. The van der Waals surface area contributed by atoms with Gasteiger partial charge in [-0.2, -0.15) is 0 Å². The van der Waals surface area contributed by atoms with Crippen LogP contribution in [0.1, 0.15) is 18.9 Å². The van der Waals surface area contributed by atoms with Crippen molar-refractivity contribution in [3.05, 3.63) is 33.9 Å². The average Bonchev–Trinajstić information content (AvgIpc) is 2.40. The van der Waals surface area contributed by atoms with Gasteiger partial charge in [0, 0.05) is 37.3 Å². The predicted molar refractivity (Wildman–Crippen MR) is 72.3 cm³/mol. The molecule has 0 spiro atoms. The van der Waals surface area contributed by atoms with E-state index in [4.69, 9.17) is 0 Å². The zero-order valence-electron chi connectivity index (χ0n) is 10.9. The molecule has 1 N–H and O–H groups in total. The number of carbonyl (C=O) groups excluding carboxylic acids is 1. The number of aryl methyl sites for hydroxylation is 1. The fourth-order valence-electron chi connectivity index (χ4n) is 2.27. The van der Waals surface area contributed by atoms with Crippen molar-refractivity contribution in [2.24, 2.45) is 0 Å². The quantitative estimate of drug-likeness (QED) is 0.496. The van der Waals surface area contributed by atoms with Crippen LogP contribution in [0.25, 0.3) is 0 Å². The van der Waals surface area contributed by atoms with Crippen LogP contribution in [-0.4, -0.2) is 30.5 Å². The van der Waals surface area contributed by atoms with Crippen LogP contribution in [0, 0.1) is 10.1 Å². The van der Waals surface area contributed by atoms with Gasteiger partial charge in [0.1, 0.15) is 0 Å². The molecule has 0 aromatic heterocycles. The number of nitrogens with zero attached hydrogens (tertiary/aromatic N) is 2. The number of likely N-dealkylation sites (N-methyl/N-ethyl adjacent to an activating group) is 1. The summed E-state index contributed by atoms with van der Waals surface area (Å²) in [6.45, 7) is 4.18. The van der Waals surface area contributed by atoms with Crippen molar-refractivity contribution < 1.29 is 9.72 Å². The number of hydrogen-bond donors (Lipinski definition) is 1. The number of fused-ring (bicyclic) bond motifs is 1. The number of amides is 1. The summed E-state index contributed by atoms with van der Waals surface area (Å²) in [5, 5.41) is 13.9. The highest BCUT2D eigenvalue weighted by Crippen LogP contribution is 2.30. The summed E-state index contributed by atoms with van der Waals surface area (Å²) in [7, 11) is 0. The second-order valence-electron chi connectivity index (χ2n) is 4.47. The van der Waals surface area contributed by atoms with Gasteiger partial charge in [0.05, 0.1) is 4.92 Å². The second kappa shape index (κ2) is 5.79. The van der Waals surface area contributed by atoms with Crippen LogP contribution >= 0.6 is 0 Å². The number of non-ortho nitro benzene ring substituents is 1. The number of benzene rings is 1. The first kappa shape index (κ1) is 13.5. The fraction of sp³-hybridized carbons (Fsp3) is 0.462. The SMILES string of the molecule is CCNCCN1C(=O)CCc2cc([N+](=O)[O-])ccc21. The molecule has 0 atom stereocenters. The van der Waals surface area contributed by atoms with Crippen LogP contribution in [0.15, 0.2) is 18.2 Å². The van der Waals surface area contributed by atoms with Crippen LogP contribution in [0.2, 0.25) is 0 Å². The Morgan fingerprint density at radius 2 is 2.21 bits per heavy atom. The third-order valence-electron chi connectivity index (χ3n) is 3.24. The lowest BCUT2D eigenvalue weighted by Gasteiger charge is -2.29. The Morgan fingerprint density at radius 3 is 2.89 bits per heavy atom. The molecule has 6 heteroatoms. The lowest BCUT2D eigenvalue weighted by atomic mass is 10.0. The summed E-state index contributed by atoms with van der Waals surface area (Å²) < 4.78 is 0. The molecule has 0 unspecified atom stereocenters. The molecule has 1 aliphatic heterocycles. The smallest absolute Gasteiger partial charge is 0.269 e. The Morgan fingerprint density at radius 1 is 1.42 bits per heavy atom. The molecule has 1 amide bonds. The summed E-state index contributed by atoms with van der Waals surface area (Å²) in [6.07, 6.45) is 0.994. The monoisotopic (exact) mass is 263 g/mol. The van der Waals surface area contributed by atoms with E-state index in [1.165, 1.54) is 6.07 Å². The van der Waals surface area contributed by atoms with Crippen molar-refractivity contribution in [1.82, 2.24) is 5.32 Å². The van der Waals surface area contributed by atoms with Crippen LogP contribution in [0.4, 0.5) is 11.4 Å². The first-order valence-electron chi connectivity index (χ1n) is 6.42. The predicted octanol–water partition coefficient (Wildman–Crippen LogP) is 1.48. The lowest BCUT2D eigenvalue weighted by Crippen LogP contribution is -2.39. The van der Waals surface area contributed by atoms with Gasteiger partial charge in [-0.1, -0.05) is 6.92 Å². The molecule has 2 rings (SSSR count). The van der Waals surface area contributed by atoms with Gasteiger partial charge >= 0.3 is 0 Å². The first-order chi connectivity index (χ1) is 9.13. The highest BCUT2D eigenvalue weighted by molar-refractivity contribution is 5.96. The summed E-state index contributed by atoms with van der Waals surface area (Å²) in [4.78, 5) is 24.0. The molecule has 0 radical (unpaired) electrons. The van der Waals surface area contributed by atoms with E-state index in [1.807, 2.05) is 6.92 Å². The standard InChI is InChI=1S/C13H17N3O3/c1-2-14-7-8-15-12-5-4-11(16(18)19)9-10(12)3-6-13(15)17/h4-5,9,14H,2-3,6-8H2,1H3. The Kier molecular flexibility index (Phi) is 4.11. The molecule has 6 nitrogen and oxygen atoms in total. The van der Waals surface area contributed by atoms with E-state index >= 15 is 0 Å². The molecule has 1 aromatic rings. The van der Waals surface area contributed by atoms with Crippen molar-refractivity contribution >= 4 is 17.3 Å². The maximum absolute atomic E-state index is 11.9. The van der Waals surface area contributed by atoms with E-state index in [0.29, 0.717) is 19.4 Å². The minimum Gasteiger partial charge on any atom is -0.315 e. The van der Waals surface area contributed by atoms with E-state index in [9.17, 15) is 14.9 Å². The molecule has 0 fully saturated rings. The van der Waals surface area contributed by atoms with Crippen molar-refractivity contribution in [2.45, 2.75) is 19.8 Å². The number of nitrogens with one attached hydrogen (secondary N) is 1. The van der Waals surface area contributed by atoms with Crippen molar-refractivity contribution in [2.75, 3.05) is 24.5 Å². The van der Waals surface area contributed by atoms with E-state index in [1.54, 1.807) is 17.0 Å². The zero-order chi connectivity index (χ0) is 13.8. The maximum Gasteiger partial charge on any atom is 0.269 e. The summed E-state index contributed by atoms with van der Waals surface area (Å²) in [5.74, 6) is 0.0826. The van der Waals surface area contributed by atoms with E-state index < -0.39 is 4.92 Å². The van der Waals surface area contributed by atoms with Crippen molar-refractivity contribution in [3.63, 3.8) is 0 Å². The van der Waals surface area contributed by atoms with Gasteiger partial charge in [0.15, 0.2) is 0 Å². The Hall–Kier alpha value is -1.95. The van der Waals surface area contributed by atoms with Gasteiger partial charge in [-0.15, -0.1) is 0 Å². The maximum atomic E-state index is 11.9. The molecule has 1 aliphatic rings. The van der Waals surface area contributed by atoms with Crippen LogP contribution < -0.4 is 10.2 Å². The van der Waals surface area contributed by atoms with Gasteiger partial charge in [0.25, 0.3) is 5.69 Å². The third-order valence-corrected chi connectivity index (χ3v) is 3.24. The van der Waals surface area contributed by atoms with Gasteiger partial charge < -0.3 is 10.2 Å². The molecule has 0 aliphatic carbocycles. The third kappa shape index (κ3) is 2.90. The molecule has 19 heavy (non-hydrogen) atoms. The fourth-order valence-corrected chi connectivity index (χ4v) is 2.27. The number of nitro groups is 1. The van der Waals surface area contributed by atoms with Gasteiger partial charge in [-0.25, -0.2) is 0 Å². The van der Waals surface area contributed by atoms with Crippen LogP contribution in [0.3, 0.4) is 0 Å². The van der Waals surface area contributed by atoms with Gasteiger partial charge in [-0.05, 0) is 24.6 Å². The number of anilines is 1. The van der Waals surface area contributed by atoms with Gasteiger partial charge in [-0.3, -0.25) is 14.9 Å². The molecule has 1 heterocycles.